The fourth-order valence-corrected chi connectivity index (χ4v) is 4.35. The lowest BCUT2D eigenvalue weighted by Gasteiger charge is -2.25. The highest BCUT2D eigenvalue weighted by molar-refractivity contribution is 7.11. The minimum absolute atomic E-state index is 0.273. The Labute approximate surface area is 174 Å². The molecule has 0 saturated heterocycles. The van der Waals surface area contributed by atoms with Gasteiger partial charge in [0.05, 0.1) is 11.3 Å². The molecule has 4 nitrogen and oxygen atoms in total. The van der Waals surface area contributed by atoms with Gasteiger partial charge in [0, 0.05) is 17.1 Å². The highest BCUT2D eigenvalue weighted by Crippen LogP contribution is 2.38. The average molecular weight is 403 g/mol. The Hall–Kier alpha value is -3.18. The molecule has 0 atom stereocenters. The lowest BCUT2D eigenvalue weighted by Crippen LogP contribution is -2.35. The monoisotopic (exact) mass is 402 g/mol. The van der Waals surface area contributed by atoms with E-state index in [1.165, 1.54) is 16.2 Å². The number of likely N-dealkylation sites (N-methyl/N-ethyl adjacent to an activating group) is 1. The molecule has 0 N–H and O–H groups in total. The van der Waals surface area contributed by atoms with Crippen LogP contribution in [0, 0.1) is 13.8 Å². The first-order valence-corrected chi connectivity index (χ1v) is 10.5. The summed E-state index contributed by atoms with van der Waals surface area (Å²) in [6.07, 6.45) is 0. The highest BCUT2D eigenvalue weighted by Gasteiger charge is 2.43. The van der Waals surface area contributed by atoms with Gasteiger partial charge in [0.25, 0.3) is 11.8 Å². The number of rotatable bonds is 5. The van der Waals surface area contributed by atoms with E-state index < -0.39 is 0 Å². The van der Waals surface area contributed by atoms with Gasteiger partial charge in [-0.2, -0.15) is 0 Å². The van der Waals surface area contributed by atoms with Gasteiger partial charge in [-0.05, 0) is 67.6 Å². The molecule has 0 bridgehead atoms. The van der Waals surface area contributed by atoms with Crippen LogP contribution in [0.5, 0.6) is 0 Å². The van der Waals surface area contributed by atoms with Crippen molar-refractivity contribution < 1.29 is 9.59 Å². The first kappa shape index (κ1) is 19.2. The van der Waals surface area contributed by atoms with Crippen LogP contribution in [0.4, 0.5) is 11.4 Å². The molecule has 0 unspecified atom stereocenters. The molecule has 4 rings (SSSR count). The molecule has 1 aromatic heterocycles. The summed E-state index contributed by atoms with van der Waals surface area (Å²) in [5.74, 6) is -0.558. The molecule has 0 saturated carbocycles. The number of hydrogen-bond donors (Lipinski definition) is 0. The summed E-state index contributed by atoms with van der Waals surface area (Å²) in [5, 5.41) is 1.93. The van der Waals surface area contributed by atoms with Gasteiger partial charge in [-0.1, -0.05) is 30.3 Å². The number of para-hydroxylation sites is 1. The van der Waals surface area contributed by atoms with Crippen LogP contribution in [0.2, 0.25) is 0 Å². The van der Waals surface area contributed by atoms with E-state index in [0.29, 0.717) is 23.5 Å². The van der Waals surface area contributed by atoms with Crippen LogP contribution < -0.4 is 9.80 Å². The van der Waals surface area contributed by atoms with Gasteiger partial charge in [-0.15, -0.1) is 11.3 Å². The van der Waals surface area contributed by atoms with Crippen molar-refractivity contribution in [2.75, 3.05) is 16.3 Å². The number of anilines is 2. The Morgan fingerprint density at radius 1 is 0.897 bits per heavy atom. The molecular weight excluding hydrogens is 380 g/mol. The summed E-state index contributed by atoms with van der Waals surface area (Å²) in [6, 6.07) is 19.2. The van der Waals surface area contributed by atoms with E-state index in [9.17, 15) is 9.59 Å². The summed E-state index contributed by atoms with van der Waals surface area (Å²) in [4.78, 5) is 31.1. The maximum atomic E-state index is 13.6. The van der Waals surface area contributed by atoms with E-state index in [0.717, 1.165) is 21.7 Å². The van der Waals surface area contributed by atoms with Crippen molar-refractivity contribution >= 4 is 40.1 Å². The summed E-state index contributed by atoms with van der Waals surface area (Å²) in [7, 11) is 0. The molecule has 146 valence electrons. The van der Waals surface area contributed by atoms with Gasteiger partial charge >= 0.3 is 0 Å². The number of imide groups is 1. The maximum Gasteiger partial charge on any atom is 0.282 e. The highest BCUT2D eigenvalue weighted by atomic mass is 32.1. The number of nitrogens with zero attached hydrogens (tertiary/aromatic N) is 2. The standard InChI is InChI=1S/C24H22N2O2S/c1-4-25(18-9-6-5-7-10-18)22-21(20-11-8-14-29-20)23(27)26(24(22)28)19-13-12-16(2)17(3)15-19/h5-15H,4H2,1-3H3. The summed E-state index contributed by atoms with van der Waals surface area (Å²) in [6.45, 7) is 6.57. The average Bonchev–Trinajstić information content (AvgIpc) is 3.33. The van der Waals surface area contributed by atoms with Crippen LogP contribution in [-0.4, -0.2) is 18.4 Å². The third-order valence-electron chi connectivity index (χ3n) is 5.23. The van der Waals surface area contributed by atoms with Crippen molar-refractivity contribution in [1.82, 2.24) is 0 Å². The van der Waals surface area contributed by atoms with Gasteiger partial charge < -0.3 is 4.90 Å². The fourth-order valence-electron chi connectivity index (χ4n) is 3.59. The van der Waals surface area contributed by atoms with Crippen LogP contribution in [-0.2, 0) is 9.59 Å². The van der Waals surface area contributed by atoms with Crippen molar-refractivity contribution in [2.24, 2.45) is 0 Å². The number of hydrogen-bond acceptors (Lipinski definition) is 4. The Morgan fingerprint density at radius 3 is 2.28 bits per heavy atom. The Kier molecular flexibility index (Phi) is 5.07. The second kappa shape index (κ2) is 7.68. The number of thiophene rings is 1. The molecule has 0 aliphatic carbocycles. The first-order chi connectivity index (χ1) is 14.0. The summed E-state index contributed by atoms with van der Waals surface area (Å²) in [5.41, 5.74) is 4.57. The molecule has 5 heteroatoms. The van der Waals surface area contributed by atoms with E-state index in [4.69, 9.17) is 0 Å². The zero-order valence-corrected chi connectivity index (χ0v) is 17.5. The topological polar surface area (TPSA) is 40.6 Å². The molecule has 0 radical (unpaired) electrons. The number of carbonyl (C=O) groups excluding carboxylic acids is 2. The normalized spacial score (nSPS) is 14.1. The molecule has 1 aliphatic rings. The molecule has 2 aromatic carbocycles. The quantitative estimate of drug-likeness (QED) is 0.553. The second-order valence-corrected chi connectivity index (χ2v) is 7.94. The van der Waals surface area contributed by atoms with Crippen molar-refractivity contribution in [1.29, 1.82) is 0 Å². The zero-order chi connectivity index (χ0) is 20.5. The van der Waals surface area contributed by atoms with Crippen molar-refractivity contribution in [3.8, 4) is 0 Å². The van der Waals surface area contributed by atoms with E-state index in [1.807, 2.05) is 91.7 Å². The first-order valence-electron chi connectivity index (χ1n) is 9.59. The fraction of sp³-hybridized carbons (Fsp3) is 0.167. The van der Waals surface area contributed by atoms with Crippen LogP contribution in [0.25, 0.3) is 5.57 Å². The van der Waals surface area contributed by atoms with Crippen molar-refractivity contribution in [3.63, 3.8) is 0 Å². The summed E-state index contributed by atoms with van der Waals surface area (Å²) < 4.78 is 0. The van der Waals surface area contributed by atoms with Crippen LogP contribution in [0.15, 0.2) is 71.7 Å². The van der Waals surface area contributed by atoms with Gasteiger partial charge in [0.2, 0.25) is 0 Å². The van der Waals surface area contributed by atoms with Gasteiger partial charge in [0.15, 0.2) is 0 Å². The number of carbonyl (C=O) groups is 2. The lowest BCUT2D eigenvalue weighted by atomic mass is 10.1. The molecule has 0 spiro atoms. The molecule has 0 fully saturated rings. The molecular formula is C24H22N2O2S. The SMILES string of the molecule is CCN(C1=C(c2cccs2)C(=O)N(c2ccc(C)c(C)c2)C1=O)c1ccccc1. The van der Waals surface area contributed by atoms with Gasteiger partial charge in [0.1, 0.15) is 5.70 Å². The number of benzene rings is 2. The lowest BCUT2D eigenvalue weighted by molar-refractivity contribution is -0.120. The molecule has 2 heterocycles. The molecule has 3 aromatic rings. The zero-order valence-electron chi connectivity index (χ0n) is 16.7. The van der Waals surface area contributed by atoms with Crippen LogP contribution in [0.3, 0.4) is 0 Å². The van der Waals surface area contributed by atoms with E-state index >= 15 is 0 Å². The minimum Gasteiger partial charge on any atom is -0.337 e. The molecule has 29 heavy (non-hydrogen) atoms. The van der Waals surface area contributed by atoms with E-state index in [-0.39, 0.29) is 11.8 Å². The number of aryl methyl sites for hydroxylation is 2. The Bertz CT molecular complexity index is 1100. The summed E-state index contributed by atoms with van der Waals surface area (Å²) >= 11 is 1.47. The van der Waals surface area contributed by atoms with Crippen molar-refractivity contribution in [3.05, 3.63) is 87.7 Å². The van der Waals surface area contributed by atoms with Gasteiger partial charge in [-0.3, -0.25) is 9.59 Å². The predicted molar refractivity (Wildman–Crippen MR) is 119 cm³/mol. The Balaban J connectivity index is 1.88. The second-order valence-electron chi connectivity index (χ2n) is 6.99. The van der Waals surface area contributed by atoms with Crippen molar-refractivity contribution in [2.45, 2.75) is 20.8 Å². The Morgan fingerprint density at radius 2 is 1.66 bits per heavy atom. The third kappa shape index (κ3) is 3.28. The van der Waals surface area contributed by atoms with E-state index in [1.54, 1.807) is 0 Å². The van der Waals surface area contributed by atoms with Crippen LogP contribution >= 0.6 is 11.3 Å². The number of amides is 2. The molecule has 1 aliphatic heterocycles. The predicted octanol–water partition coefficient (Wildman–Crippen LogP) is 5.18. The third-order valence-corrected chi connectivity index (χ3v) is 6.12. The van der Waals surface area contributed by atoms with E-state index in [2.05, 4.69) is 0 Å². The maximum absolute atomic E-state index is 13.6. The largest absolute Gasteiger partial charge is 0.337 e. The smallest absolute Gasteiger partial charge is 0.282 e. The molecule has 2 amide bonds. The van der Waals surface area contributed by atoms with Crippen LogP contribution in [0.1, 0.15) is 22.9 Å². The van der Waals surface area contributed by atoms with Gasteiger partial charge in [-0.25, -0.2) is 4.90 Å². The minimum atomic E-state index is -0.285.